The number of hydrogen-bond acceptors (Lipinski definition) is 6. The zero-order valence-corrected chi connectivity index (χ0v) is 24.2. The fraction of sp³-hybridized carbons (Fsp3) is 0.500. The van der Waals surface area contributed by atoms with E-state index in [0.29, 0.717) is 24.8 Å². The van der Waals surface area contributed by atoms with Gasteiger partial charge in [-0.1, -0.05) is 22.9 Å². The van der Waals surface area contributed by atoms with Crippen LogP contribution < -0.4 is 9.64 Å². The lowest BCUT2D eigenvalue weighted by molar-refractivity contribution is -0.139. The molecule has 1 aromatic carbocycles. The molecule has 1 fully saturated rings. The molecular formula is C28H31BrF4N2O5. The van der Waals surface area contributed by atoms with Gasteiger partial charge in [0.05, 0.1) is 23.7 Å². The van der Waals surface area contributed by atoms with E-state index in [1.165, 1.54) is 4.90 Å². The number of anilines is 1. The topological polar surface area (TPSA) is 85.8 Å². The molecule has 2 aromatic rings. The number of pyridine rings is 1. The number of hydrogen-bond donors (Lipinski definition) is 0. The van der Waals surface area contributed by atoms with Crippen molar-refractivity contribution >= 4 is 39.3 Å². The lowest BCUT2D eigenvalue weighted by atomic mass is 9.82. The Labute approximate surface area is 238 Å². The van der Waals surface area contributed by atoms with E-state index in [-0.39, 0.29) is 46.2 Å². The van der Waals surface area contributed by atoms with E-state index in [4.69, 9.17) is 9.47 Å². The van der Waals surface area contributed by atoms with Crippen LogP contribution in [0.2, 0.25) is 0 Å². The molecule has 1 aliphatic carbocycles. The van der Waals surface area contributed by atoms with E-state index in [2.05, 4.69) is 27.8 Å². The first-order valence-electron chi connectivity index (χ1n) is 12.8. The highest BCUT2D eigenvalue weighted by molar-refractivity contribution is 9.09. The van der Waals surface area contributed by atoms with E-state index in [0.717, 1.165) is 38.3 Å². The third-order valence-corrected chi connectivity index (χ3v) is 7.43. The van der Waals surface area contributed by atoms with Gasteiger partial charge in [-0.25, -0.2) is 14.2 Å². The van der Waals surface area contributed by atoms with Gasteiger partial charge in [0.25, 0.3) is 0 Å². The molecule has 0 aliphatic heterocycles. The Morgan fingerprint density at radius 2 is 1.77 bits per heavy atom. The lowest BCUT2D eigenvalue weighted by Gasteiger charge is -2.34. The summed E-state index contributed by atoms with van der Waals surface area (Å²) in [7, 11) is 1.09. The van der Waals surface area contributed by atoms with Gasteiger partial charge in [0.2, 0.25) is 11.8 Å². The van der Waals surface area contributed by atoms with Gasteiger partial charge in [-0.3, -0.25) is 9.59 Å². The average molecular weight is 631 g/mol. The first kappa shape index (κ1) is 31.5. The van der Waals surface area contributed by atoms with Crippen LogP contribution in [0, 0.1) is 17.7 Å². The first-order valence-corrected chi connectivity index (χ1v) is 13.9. The highest BCUT2D eigenvalue weighted by Gasteiger charge is 2.37. The molecule has 0 saturated heterocycles. The Bertz CT molecular complexity index is 1260. The highest BCUT2D eigenvalue weighted by Crippen LogP contribution is 2.40. The average Bonchev–Trinajstić information content (AvgIpc) is 2.89. The van der Waals surface area contributed by atoms with Crippen LogP contribution in [-0.2, 0) is 26.9 Å². The number of rotatable bonds is 9. The molecule has 0 N–H and O–H groups in total. The molecule has 1 heterocycles. The van der Waals surface area contributed by atoms with Gasteiger partial charge in [0.1, 0.15) is 11.3 Å². The number of halogens is 5. The zero-order valence-electron chi connectivity index (χ0n) is 22.6. The van der Waals surface area contributed by atoms with Crippen LogP contribution in [-0.4, -0.2) is 41.1 Å². The molecule has 0 unspecified atom stereocenters. The molecular weight excluding hydrogens is 600 g/mol. The maximum absolute atomic E-state index is 15.4. The second-order valence-electron chi connectivity index (χ2n) is 10.2. The standard InChI is InChI=1S/C28H31BrF4N2O5/c1-15(2)35(26(37)18-7-5-16(3)6-8-18)23-12-22(30)24(11-20(23)27(38)39-4)40-25-21(28(31,32)33)10-17(14-34-25)9-19(36)13-29/h10-12,14-16,18H,5-9,13H2,1-4H3/t16-,18-. The molecule has 0 spiro atoms. The summed E-state index contributed by atoms with van der Waals surface area (Å²) in [6, 6.07) is 2.04. The number of nitrogens with zero attached hydrogens (tertiary/aromatic N) is 2. The Kier molecular flexibility index (Phi) is 10.3. The van der Waals surface area contributed by atoms with Crippen LogP contribution >= 0.6 is 15.9 Å². The molecule has 7 nitrogen and oxygen atoms in total. The first-order chi connectivity index (χ1) is 18.8. The number of carbonyl (C=O) groups excluding carboxylic acids is 3. The zero-order chi connectivity index (χ0) is 29.8. The number of ketones is 1. The minimum absolute atomic E-state index is 0.00149. The van der Waals surface area contributed by atoms with Gasteiger partial charge < -0.3 is 14.4 Å². The molecule has 12 heteroatoms. The Hall–Kier alpha value is -3.02. The van der Waals surface area contributed by atoms with Crippen molar-refractivity contribution in [3.8, 4) is 11.6 Å². The maximum atomic E-state index is 15.4. The van der Waals surface area contributed by atoms with Gasteiger partial charge in [-0.15, -0.1) is 0 Å². The molecule has 0 bridgehead atoms. The number of ether oxygens (including phenoxy) is 2. The number of methoxy groups -OCH3 is 1. The van der Waals surface area contributed by atoms with Crippen LogP contribution in [0.1, 0.15) is 67.9 Å². The summed E-state index contributed by atoms with van der Waals surface area (Å²) >= 11 is 2.96. The van der Waals surface area contributed by atoms with Crippen molar-refractivity contribution in [3.63, 3.8) is 0 Å². The minimum Gasteiger partial charge on any atom is -0.465 e. The summed E-state index contributed by atoms with van der Waals surface area (Å²) in [6.45, 7) is 5.54. The Morgan fingerprint density at radius 1 is 1.12 bits per heavy atom. The summed E-state index contributed by atoms with van der Waals surface area (Å²) in [4.78, 5) is 43.0. The van der Waals surface area contributed by atoms with Crippen molar-refractivity contribution in [2.24, 2.45) is 11.8 Å². The lowest BCUT2D eigenvalue weighted by Crippen LogP contribution is -2.43. The summed E-state index contributed by atoms with van der Waals surface area (Å²) in [6.07, 6.45) is -1.16. The molecule has 0 atom stereocenters. The summed E-state index contributed by atoms with van der Waals surface area (Å²) in [5, 5.41) is -0.0454. The molecule has 1 aliphatic rings. The van der Waals surface area contributed by atoms with Crippen molar-refractivity contribution in [1.82, 2.24) is 4.98 Å². The molecule has 1 amide bonds. The van der Waals surface area contributed by atoms with Crippen LogP contribution in [0.4, 0.5) is 23.2 Å². The van der Waals surface area contributed by atoms with E-state index < -0.39 is 41.2 Å². The Morgan fingerprint density at radius 3 is 2.33 bits per heavy atom. The number of benzene rings is 1. The van der Waals surface area contributed by atoms with Crippen LogP contribution in [0.3, 0.4) is 0 Å². The Balaban J connectivity index is 2.06. The van der Waals surface area contributed by atoms with Crippen LogP contribution in [0.15, 0.2) is 24.4 Å². The molecule has 1 aromatic heterocycles. The number of esters is 1. The predicted molar refractivity (Wildman–Crippen MR) is 143 cm³/mol. The monoisotopic (exact) mass is 630 g/mol. The quantitative estimate of drug-likeness (QED) is 0.170. The number of Topliss-reactive ketones (excluding diaryl/α,β-unsaturated/α-hetero) is 1. The van der Waals surface area contributed by atoms with Crippen molar-refractivity contribution < 1.29 is 41.4 Å². The second kappa shape index (κ2) is 13.1. The number of aromatic nitrogens is 1. The number of amides is 1. The van der Waals surface area contributed by atoms with Crippen LogP contribution in [0.25, 0.3) is 0 Å². The third kappa shape index (κ3) is 7.38. The van der Waals surface area contributed by atoms with E-state index in [9.17, 15) is 27.6 Å². The van der Waals surface area contributed by atoms with Crippen LogP contribution in [0.5, 0.6) is 11.6 Å². The minimum atomic E-state index is -4.93. The summed E-state index contributed by atoms with van der Waals surface area (Å²) in [5.41, 5.74) is -1.64. The second-order valence-corrected chi connectivity index (χ2v) is 10.8. The van der Waals surface area contributed by atoms with Gasteiger partial charge in [0.15, 0.2) is 11.6 Å². The van der Waals surface area contributed by atoms with Gasteiger partial charge in [-0.2, -0.15) is 13.2 Å². The number of carbonyl (C=O) groups is 3. The fourth-order valence-corrected chi connectivity index (χ4v) is 4.90. The summed E-state index contributed by atoms with van der Waals surface area (Å²) < 4.78 is 67.0. The van der Waals surface area contributed by atoms with E-state index in [1.54, 1.807) is 13.8 Å². The smallest absolute Gasteiger partial charge is 0.421 e. The molecule has 40 heavy (non-hydrogen) atoms. The predicted octanol–water partition coefficient (Wildman–Crippen LogP) is 6.89. The molecule has 218 valence electrons. The molecule has 0 radical (unpaired) electrons. The van der Waals surface area contributed by atoms with Crippen molar-refractivity contribution in [2.75, 3.05) is 17.3 Å². The SMILES string of the molecule is COC(=O)c1cc(Oc2ncc(CC(=O)CBr)cc2C(F)(F)F)c(F)cc1N(C(=O)[C@H]1CC[C@H](C)CC1)C(C)C. The maximum Gasteiger partial charge on any atom is 0.421 e. The van der Waals surface area contributed by atoms with E-state index in [1.807, 2.05) is 0 Å². The van der Waals surface area contributed by atoms with Crippen molar-refractivity contribution in [1.29, 1.82) is 0 Å². The normalized spacial score (nSPS) is 17.4. The van der Waals surface area contributed by atoms with Crippen molar-refractivity contribution in [3.05, 3.63) is 46.9 Å². The van der Waals surface area contributed by atoms with E-state index >= 15 is 4.39 Å². The van der Waals surface area contributed by atoms with Gasteiger partial charge in [0, 0.05) is 36.7 Å². The molecule has 3 rings (SSSR count). The molecule has 1 saturated carbocycles. The number of alkyl halides is 4. The highest BCUT2D eigenvalue weighted by atomic mass is 79.9. The largest absolute Gasteiger partial charge is 0.465 e. The van der Waals surface area contributed by atoms with Crippen molar-refractivity contribution in [2.45, 2.75) is 65.1 Å². The summed E-state index contributed by atoms with van der Waals surface area (Å²) in [5.74, 6) is -4.15. The third-order valence-electron chi connectivity index (χ3n) is 6.80. The fourth-order valence-electron chi connectivity index (χ4n) is 4.70. The van der Waals surface area contributed by atoms with Gasteiger partial charge >= 0.3 is 12.1 Å². The van der Waals surface area contributed by atoms with Gasteiger partial charge in [-0.05, 0) is 57.1 Å².